The molecule has 3 nitrogen and oxygen atoms in total. The van der Waals surface area contributed by atoms with Crippen molar-refractivity contribution in [2.45, 2.75) is 31.8 Å². The predicted octanol–water partition coefficient (Wildman–Crippen LogP) is 1.71. The summed E-state index contributed by atoms with van der Waals surface area (Å²) in [6, 6.07) is 0. The molecule has 0 aromatic heterocycles. The minimum Gasteiger partial charge on any atom is -0.389 e. The standard InChI is InChI=1S/C13H18N2O/c16-13-4-2-10-1-3-12(7-11(10)8-13)15-6-5-14-9-15/h7-10,13,16H,1-6H2. The second-order valence-electron chi connectivity index (χ2n) is 4.90. The number of rotatable bonds is 1. The van der Waals surface area contributed by atoms with Crippen molar-refractivity contribution < 1.29 is 5.11 Å². The summed E-state index contributed by atoms with van der Waals surface area (Å²) < 4.78 is 0. The molecule has 86 valence electrons. The Hall–Kier alpha value is -1.09. The highest BCUT2D eigenvalue weighted by Gasteiger charge is 2.26. The topological polar surface area (TPSA) is 35.8 Å². The van der Waals surface area contributed by atoms with Gasteiger partial charge in [0.15, 0.2) is 0 Å². The fourth-order valence-corrected chi connectivity index (χ4v) is 2.87. The number of allylic oxidation sites excluding steroid dienone is 3. The van der Waals surface area contributed by atoms with E-state index in [1.807, 2.05) is 12.4 Å². The molecular formula is C13H18N2O. The molecule has 0 aromatic carbocycles. The van der Waals surface area contributed by atoms with Gasteiger partial charge in [-0.25, -0.2) is 0 Å². The molecule has 0 amide bonds. The van der Waals surface area contributed by atoms with E-state index in [1.165, 1.54) is 17.7 Å². The zero-order valence-electron chi connectivity index (χ0n) is 9.47. The summed E-state index contributed by atoms with van der Waals surface area (Å²) in [6.45, 7) is 1.94. The summed E-state index contributed by atoms with van der Waals surface area (Å²) in [4.78, 5) is 6.50. The zero-order valence-corrected chi connectivity index (χ0v) is 9.47. The maximum atomic E-state index is 9.65. The van der Waals surface area contributed by atoms with E-state index in [-0.39, 0.29) is 6.10 Å². The molecule has 0 saturated heterocycles. The van der Waals surface area contributed by atoms with Crippen LogP contribution in [-0.2, 0) is 0 Å². The second-order valence-corrected chi connectivity index (χ2v) is 4.90. The Labute approximate surface area is 96.2 Å². The summed E-state index contributed by atoms with van der Waals surface area (Å²) in [6.07, 6.45) is 10.5. The van der Waals surface area contributed by atoms with Crippen LogP contribution >= 0.6 is 0 Å². The lowest BCUT2D eigenvalue weighted by Gasteiger charge is -2.32. The summed E-state index contributed by atoms with van der Waals surface area (Å²) in [5.41, 5.74) is 2.72. The molecular weight excluding hydrogens is 200 g/mol. The zero-order chi connectivity index (χ0) is 11.0. The molecule has 0 aromatic rings. The molecule has 3 heteroatoms. The van der Waals surface area contributed by atoms with Gasteiger partial charge in [0.05, 0.1) is 19.0 Å². The summed E-state index contributed by atoms with van der Waals surface area (Å²) in [7, 11) is 0. The quantitative estimate of drug-likeness (QED) is 0.727. The van der Waals surface area contributed by atoms with Gasteiger partial charge < -0.3 is 10.0 Å². The van der Waals surface area contributed by atoms with Crippen LogP contribution in [0.4, 0.5) is 0 Å². The monoisotopic (exact) mass is 218 g/mol. The molecule has 0 radical (unpaired) electrons. The van der Waals surface area contributed by atoms with Crippen LogP contribution in [-0.4, -0.2) is 35.5 Å². The molecule has 0 bridgehead atoms. The molecule has 2 atom stereocenters. The van der Waals surface area contributed by atoms with E-state index in [2.05, 4.69) is 16.0 Å². The van der Waals surface area contributed by atoms with E-state index in [9.17, 15) is 5.11 Å². The molecule has 3 aliphatic rings. The van der Waals surface area contributed by atoms with Crippen molar-refractivity contribution in [3.05, 3.63) is 23.4 Å². The Bertz CT molecular complexity index is 370. The van der Waals surface area contributed by atoms with Crippen molar-refractivity contribution in [1.82, 2.24) is 4.90 Å². The molecule has 16 heavy (non-hydrogen) atoms. The number of hydrogen-bond donors (Lipinski definition) is 1. The van der Waals surface area contributed by atoms with E-state index in [0.29, 0.717) is 5.92 Å². The third-order valence-electron chi connectivity index (χ3n) is 3.81. The summed E-state index contributed by atoms with van der Waals surface area (Å²) >= 11 is 0. The lowest BCUT2D eigenvalue weighted by atomic mass is 9.79. The van der Waals surface area contributed by atoms with E-state index >= 15 is 0 Å². The fraction of sp³-hybridized carbons (Fsp3) is 0.615. The smallest absolute Gasteiger partial charge is 0.0893 e. The lowest BCUT2D eigenvalue weighted by molar-refractivity contribution is 0.189. The van der Waals surface area contributed by atoms with Gasteiger partial charge in [0, 0.05) is 12.2 Å². The summed E-state index contributed by atoms with van der Waals surface area (Å²) in [5, 5.41) is 9.65. The van der Waals surface area contributed by atoms with E-state index in [1.54, 1.807) is 0 Å². The molecule has 2 aliphatic carbocycles. The van der Waals surface area contributed by atoms with Gasteiger partial charge >= 0.3 is 0 Å². The minimum absolute atomic E-state index is 0.228. The van der Waals surface area contributed by atoms with Crippen molar-refractivity contribution in [3.63, 3.8) is 0 Å². The highest BCUT2D eigenvalue weighted by molar-refractivity contribution is 5.61. The van der Waals surface area contributed by atoms with Gasteiger partial charge in [0.2, 0.25) is 0 Å². The number of nitrogens with zero attached hydrogens (tertiary/aromatic N) is 2. The van der Waals surface area contributed by atoms with Crippen LogP contribution in [0.15, 0.2) is 28.4 Å². The Morgan fingerprint density at radius 1 is 1.31 bits per heavy atom. The Balaban J connectivity index is 1.84. The van der Waals surface area contributed by atoms with E-state index in [4.69, 9.17) is 0 Å². The van der Waals surface area contributed by atoms with Crippen LogP contribution in [0.2, 0.25) is 0 Å². The highest BCUT2D eigenvalue weighted by atomic mass is 16.3. The number of aliphatic hydroxyl groups is 1. The van der Waals surface area contributed by atoms with Crippen molar-refractivity contribution in [2.24, 2.45) is 10.9 Å². The third kappa shape index (κ3) is 1.80. The predicted molar refractivity (Wildman–Crippen MR) is 64.2 cm³/mol. The largest absolute Gasteiger partial charge is 0.389 e. The van der Waals surface area contributed by atoms with E-state index < -0.39 is 0 Å². The number of aliphatic imine (C=N–C) groups is 1. The van der Waals surface area contributed by atoms with Gasteiger partial charge in [0.1, 0.15) is 0 Å². The van der Waals surface area contributed by atoms with Crippen LogP contribution in [0.1, 0.15) is 25.7 Å². The molecule has 0 fully saturated rings. The molecule has 1 heterocycles. The molecule has 3 rings (SSSR count). The first kappa shape index (κ1) is 10.1. The van der Waals surface area contributed by atoms with Crippen LogP contribution in [0, 0.1) is 5.92 Å². The summed E-state index contributed by atoms with van der Waals surface area (Å²) in [5.74, 6) is 0.687. The Kier molecular flexibility index (Phi) is 2.56. The van der Waals surface area contributed by atoms with Gasteiger partial charge in [0.25, 0.3) is 0 Å². The van der Waals surface area contributed by atoms with Crippen molar-refractivity contribution in [2.75, 3.05) is 13.1 Å². The minimum atomic E-state index is -0.228. The van der Waals surface area contributed by atoms with Crippen LogP contribution in [0.25, 0.3) is 0 Å². The first-order valence-electron chi connectivity index (χ1n) is 6.20. The fourth-order valence-electron chi connectivity index (χ4n) is 2.87. The maximum Gasteiger partial charge on any atom is 0.0893 e. The molecule has 1 N–H and O–H groups in total. The first-order chi connectivity index (χ1) is 7.83. The molecule has 0 spiro atoms. The molecule has 2 unspecified atom stereocenters. The van der Waals surface area contributed by atoms with Crippen molar-refractivity contribution in [1.29, 1.82) is 0 Å². The average Bonchev–Trinajstić information content (AvgIpc) is 2.81. The average molecular weight is 218 g/mol. The molecule has 0 saturated carbocycles. The number of hydrogen-bond acceptors (Lipinski definition) is 3. The SMILES string of the molecule is OC1C=C2C=C(N3C=NCC3)CCC2CC1. The maximum absolute atomic E-state index is 9.65. The van der Waals surface area contributed by atoms with Crippen LogP contribution in [0.5, 0.6) is 0 Å². The third-order valence-corrected chi connectivity index (χ3v) is 3.81. The Morgan fingerprint density at radius 3 is 3.06 bits per heavy atom. The van der Waals surface area contributed by atoms with E-state index in [0.717, 1.165) is 32.4 Å². The molecule has 1 aliphatic heterocycles. The van der Waals surface area contributed by atoms with Gasteiger partial charge in [-0.05, 0) is 43.3 Å². The normalized spacial score (nSPS) is 33.4. The van der Waals surface area contributed by atoms with Gasteiger partial charge in [-0.1, -0.05) is 6.08 Å². The van der Waals surface area contributed by atoms with Crippen LogP contribution < -0.4 is 0 Å². The van der Waals surface area contributed by atoms with Gasteiger partial charge in [-0.15, -0.1) is 0 Å². The van der Waals surface area contributed by atoms with Crippen molar-refractivity contribution >= 4 is 6.34 Å². The first-order valence-corrected chi connectivity index (χ1v) is 6.20. The number of aliphatic hydroxyl groups excluding tert-OH is 1. The van der Waals surface area contributed by atoms with Crippen LogP contribution in [0.3, 0.4) is 0 Å². The van der Waals surface area contributed by atoms with Gasteiger partial charge in [-0.3, -0.25) is 4.99 Å². The number of fused-ring (bicyclic) bond motifs is 1. The Morgan fingerprint density at radius 2 is 2.25 bits per heavy atom. The van der Waals surface area contributed by atoms with Gasteiger partial charge in [-0.2, -0.15) is 0 Å². The highest BCUT2D eigenvalue weighted by Crippen LogP contribution is 2.36. The van der Waals surface area contributed by atoms with Crippen molar-refractivity contribution in [3.8, 4) is 0 Å². The second kappa shape index (κ2) is 4.06. The lowest BCUT2D eigenvalue weighted by Crippen LogP contribution is -2.25.